The number of rotatable bonds is 7. The number of nitrogens with one attached hydrogen (secondary N) is 1. The predicted molar refractivity (Wildman–Crippen MR) is 179 cm³/mol. The molecule has 50 heavy (non-hydrogen) atoms. The molecular formula is C34H36N8O8. The minimum atomic E-state index is -1.02. The van der Waals surface area contributed by atoms with E-state index in [1.807, 2.05) is 4.90 Å². The summed E-state index contributed by atoms with van der Waals surface area (Å²) in [5, 5.41) is 18.2. The number of benzene rings is 2. The molecule has 1 N–H and O–H groups in total. The Morgan fingerprint density at radius 1 is 0.920 bits per heavy atom. The molecule has 0 spiro atoms. The van der Waals surface area contributed by atoms with Gasteiger partial charge in [0.25, 0.3) is 11.8 Å². The summed E-state index contributed by atoms with van der Waals surface area (Å²) < 4.78 is 7.01. The van der Waals surface area contributed by atoms with Gasteiger partial charge in [0.2, 0.25) is 17.7 Å². The molecule has 4 aliphatic heterocycles. The fourth-order valence-electron chi connectivity index (χ4n) is 7.38. The van der Waals surface area contributed by atoms with Gasteiger partial charge in [-0.1, -0.05) is 0 Å². The van der Waals surface area contributed by atoms with Crippen LogP contribution in [0.5, 0.6) is 5.75 Å². The average molecular weight is 685 g/mol. The Morgan fingerprint density at radius 3 is 2.28 bits per heavy atom. The van der Waals surface area contributed by atoms with Gasteiger partial charge in [0.05, 0.1) is 29.4 Å². The number of hydrogen-bond donors (Lipinski definition) is 1. The van der Waals surface area contributed by atoms with Gasteiger partial charge in [0.15, 0.2) is 5.75 Å². The third-order valence-corrected chi connectivity index (χ3v) is 10.1. The second kappa shape index (κ2) is 12.9. The summed E-state index contributed by atoms with van der Waals surface area (Å²) in [5.41, 5.74) is 3.27. The maximum absolute atomic E-state index is 13.7. The van der Waals surface area contributed by atoms with Crippen molar-refractivity contribution in [2.75, 3.05) is 56.2 Å². The summed E-state index contributed by atoms with van der Waals surface area (Å²) in [4.78, 5) is 82.4. The molecule has 1 aromatic heterocycles. The summed E-state index contributed by atoms with van der Waals surface area (Å²) in [6, 6.07) is 7.23. The summed E-state index contributed by atoms with van der Waals surface area (Å²) >= 11 is 0. The van der Waals surface area contributed by atoms with E-state index in [9.17, 15) is 34.1 Å². The lowest BCUT2D eigenvalue weighted by atomic mass is 9.93. The van der Waals surface area contributed by atoms with Crippen LogP contribution in [0.25, 0.3) is 11.1 Å². The van der Waals surface area contributed by atoms with Gasteiger partial charge >= 0.3 is 5.69 Å². The number of carbonyl (C=O) groups is 5. The molecular weight excluding hydrogens is 648 g/mol. The van der Waals surface area contributed by atoms with Crippen molar-refractivity contribution in [3.05, 3.63) is 64.0 Å². The van der Waals surface area contributed by atoms with Gasteiger partial charge < -0.3 is 19.4 Å². The van der Waals surface area contributed by atoms with Crippen LogP contribution in [0.15, 0.2) is 42.7 Å². The third kappa shape index (κ3) is 5.79. The number of fused-ring (bicyclic) bond motifs is 1. The Hall–Kier alpha value is -5.80. The molecule has 0 aliphatic carbocycles. The highest BCUT2D eigenvalue weighted by Gasteiger charge is 2.45. The minimum Gasteiger partial charge on any atom is -0.490 e. The Morgan fingerprint density at radius 2 is 1.64 bits per heavy atom. The molecule has 5 heterocycles. The quantitative estimate of drug-likeness (QED) is 0.218. The van der Waals surface area contributed by atoms with E-state index < -0.39 is 34.6 Å². The zero-order valence-electron chi connectivity index (χ0n) is 27.7. The van der Waals surface area contributed by atoms with Crippen molar-refractivity contribution in [1.82, 2.24) is 24.9 Å². The van der Waals surface area contributed by atoms with E-state index in [0.29, 0.717) is 57.7 Å². The molecule has 1 atom stereocenters. The molecule has 3 fully saturated rings. The SMILES string of the molecule is COc1cc(N2CCC(C(=O)N3CCN(c4ccc5c(c4)C(=O)N(C4CCC(=O)NC4=O)C5=O)CC3)CC2)c(-c2cnn(C)c2)cc1[N+](=O)[O-]. The van der Waals surface area contributed by atoms with Crippen LogP contribution >= 0.6 is 0 Å². The number of anilines is 2. The van der Waals surface area contributed by atoms with Crippen molar-refractivity contribution in [3.63, 3.8) is 0 Å². The van der Waals surface area contributed by atoms with Crippen LogP contribution in [0, 0.1) is 16.0 Å². The number of piperidine rings is 2. The van der Waals surface area contributed by atoms with Gasteiger partial charge in [0.1, 0.15) is 6.04 Å². The maximum atomic E-state index is 13.7. The molecule has 0 saturated carbocycles. The molecule has 260 valence electrons. The van der Waals surface area contributed by atoms with Crippen molar-refractivity contribution < 1.29 is 33.6 Å². The normalized spacial score (nSPS) is 19.9. The fourth-order valence-corrected chi connectivity index (χ4v) is 7.38. The van der Waals surface area contributed by atoms with Gasteiger partial charge in [-0.15, -0.1) is 0 Å². The highest BCUT2D eigenvalue weighted by atomic mass is 16.6. The smallest absolute Gasteiger partial charge is 0.311 e. The second-order valence-electron chi connectivity index (χ2n) is 13.0. The molecule has 4 aliphatic rings. The molecule has 3 aromatic rings. The number of nitro groups is 1. The van der Waals surface area contributed by atoms with Crippen molar-refractivity contribution in [2.45, 2.75) is 31.7 Å². The first-order chi connectivity index (χ1) is 24.0. The first kappa shape index (κ1) is 32.7. The number of methoxy groups -OCH3 is 1. The summed E-state index contributed by atoms with van der Waals surface area (Å²) in [7, 11) is 3.19. The monoisotopic (exact) mass is 684 g/mol. The standard InChI is InChI=1S/C34H36N8O8/c1-37-19-21(18-35-37)24-16-28(42(48)49)29(50-2)17-27(24)39-9-7-20(8-10-39)32(45)40-13-11-38(12-14-40)22-3-4-23-25(15-22)34(47)41(33(23)46)26-5-6-30(43)36-31(26)44/h3-4,15-20,26H,5-14H2,1-2H3,(H,36,43,44). The largest absolute Gasteiger partial charge is 0.490 e. The van der Waals surface area contributed by atoms with Crippen molar-refractivity contribution in [1.29, 1.82) is 0 Å². The van der Waals surface area contributed by atoms with Gasteiger partial charge in [-0.25, -0.2) is 0 Å². The number of aromatic nitrogens is 2. The molecule has 0 radical (unpaired) electrons. The van der Waals surface area contributed by atoms with E-state index in [1.165, 1.54) is 13.2 Å². The molecule has 7 rings (SSSR count). The number of aryl methyl sites for hydroxylation is 1. The highest BCUT2D eigenvalue weighted by Crippen LogP contribution is 2.41. The number of piperazine rings is 1. The zero-order valence-corrected chi connectivity index (χ0v) is 27.7. The number of nitro benzene ring substituents is 1. The van der Waals surface area contributed by atoms with E-state index in [0.717, 1.165) is 21.8 Å². The second-order valence-corrected chi connectivity index (χ2v) is 13.0. The van der Waals surface area contributed by atoms with Crippen LogP contribution in [0.1, 0.15) is 46.4 Å². The fraction of sp³-hybridized carbons (Fsp3) is 0.412. The first-order valence-corrected chi connectivity index (χ1v) is 16.5. The summed E-state index contributed by atoms with van der Waals surface area (Å²) in [6.07, 6.45) is 4.86. The predicted octanol–water partition coefficient (Wildman–Crippen LogP) is 1.97. The molecule has 16 nitrogen and oxygen atoms in total. The van der Waals surface area contributed by atoms with Crippen LogP contribution in [0.4, 0.5) is 17.1 Å². The van der Waals surface area contributed by atoms with E-state index in [2.05, 4.69) is 20.2 Å². The van der Waals surface area contributed by atoms with E-state index in [-0.39, 0.29) is 47.2 Å². The Balaban J connectivity index is 0.983. The zero-order chi connectivity index (χ0) is 35.3. The molecule has 16 heteroatoms. The molecule has 2 aromatic carbocycles. The lowest BCUT2D eigenvalue weighted by Crippen LogP contribution is -2.54. The maximum Gasteiger partial charge on any atom is 0.311 e. The van der Waals surface area contributed by atoms with Gasteiger partial charge in [-0.3, -0.25) is 49.0 Å². The van der Waals surface area contributed by atoms with E-state index in [1.54, 1.807) is 48.4 Å². The van der Waals surface area contributed by atoms with Gasteiger partial charge in [0, 0.05) is 99.5 Å². The topological polar surface area (TPSA) is 181 Å². The van der Waals surface area contributed by atoms with Crippen molar-refractivity contribution in [2.24, 2.45) is 13.0 Å². The van der Waals surface area contributed by atoms with Crippen LogP contribution in [0.2, 0.25) is 0 Å². The molecule has 5 amide bonds. The van der Waals surface area contributed by atoms with Crippen LogP contribution in [-0.2, 0) is 21.4 Å². The highest BCUT2D eigenvalue weighted by molar-refractivity contribution is 6.23. The Labute approximate surface area is 286 Å². The lowest BCUT2D eigenvalue weighted by Gasteiger charge is -2.40. The van der Waals surface area contributed by atoms with E-state index in [4.69, 9.17) is 4.74 Å². The Kier molecular flexibility index (Phi) is 8.45. The van der Waals surface area contributed by atoms with Gasteiger partial charge in [-0.2, -0.15) is 5.10 Å². The number of hydrogen-bond acceptors (Lipinski definition) is 11. The summed E-state index contributed by atoms with van der Waals surface area (Å²) in [6.45, 7) is 3.25. The van der Waals surface area contributed by atoms with Crippen molar-refractivity contribution in [3.8, 4) is 16.9 Å². The van der Waals surface area contributed by atoms with Crippen molar-refractivity contribution >= 4 is 46.6 Å². The van der Waals surface area contributed by atoms with Crippen LogP contribution in [0.3, 0.4) is 0 Å². The van der Waals surface area contributed by atoms with Crippen LogP contribution in [-0.4, -0.2) is 106 Å². The minimum absolute atomic E-state index is 0.0549. The molecule has 0 bridgehead atoms. The molecule has 1 unspecified atom stereocenters. The van der Waals surface area contributed by atoms with E-state index >= 15 is 0 Å². The Bertz CT molecular complexity index is 1930. The van der Waals surface area contributed by atoms with Gasteiger partial charge in [-0.05, 0) is 37.5 Å². The number of nitrogens with zero attached hydrogens (tertiary/aromatic N) is 7. The lowest BCUT2D eigenvalue weighted by molar-refractivity contribution is -0.385. The third-order valence-electron chi connectivity index (χ3n) is 10.1. The number of carbonyl (C=O) groups excluding carboxylic acids is 5. The number of imide groups is 2. The number of ether oxygens (including phenoxy) is 1. The average Bonchev–Trinajstić information content (AvgIpc) is 3.67. The molecule has 3 saturated heterocycles. The van der Waals surface area contributed by atoms with Crippen LogP contribution < -0.4 is 19.9 Å². The first-order valence-electron chi connectivity index (χ1n) is 16.5. The summed E-state index contributed by atoms with van der Waals surface area (Å²) in [5.74, 6) is -2.08. The number of amides is 5.